The van der Waals surface area contributed by atoms with E-state index >= 15 is 0 Å². The van der Waals surface area contributed by atoms with E-state index in [0.717, 1.165) is 38.6 Å². The van der Waals surface area contributed by atoms with Crippen molar-refractivity contribution < 1.29 is 8.42 Å². The fraction of sp³-hybridized carbons (Fsp3) is 0.625. The summed E-state index contributed by atoms with van der Waals surface area (Å²) in [6, 6.07) is 6.68. The second kappa shape index (κ2) is 7.61. The van der Waals surface area contributed by atoms with E-state index < -0.39 is 9.84 Å². The first-order valence-electron chi connectivity index (χ1n) is 7.78. The summed E-state index contributed by atoms with van der Waals surface area (Å²) in [7, 11) is -3.34. The summed E-state index contributed by atoms with van der Waals surface area (Å²) in [5, 5.41) is 3.50. The van der Waals surface area contributed by atoms with Crippen molar-refractivity contribution in [1.82, 2.24) is 5.32 Å². The highest BCUT2D eigenvalue weighted by Crippen LogP contribution is 2.28. The van der Waals surface area contributed by atoms with Gasteiger partial charge in [0.2, 0.25) is 0 Å². The fourth-order valence-electron chi connectivity index (χ4n) is 3.14. The van der Waals surface area contributed by atoms with Gasteiger partial charge in [0.1, 0.15) is 0 Å². The molecular weight excluding hydrogens is 306 g/mol. The number of nitrogens with one attached hydrogen (secondary N) is 1. The van der Waals surface area contributed by atoms with Gasteiger partial charge in [-0.25, -0.2) is 8.42 Å². The highest BCUT2D eigenvalue weighted by atomic mass is 35.5. The van der Waals surface area contributed by atoms with E-state index in [1.165, 1.54) is 6.42 Å². The molecule has 1 aromatic rings. The molecule has 2 atom stereocenters. The Morgan fingerprint density at radius 2 is 1.90 bits per heavy atom. The molecule has 1 aromatic carbocycles. The topological polar surface area (TPSA) is 46.2 Å². The smallest absolute Gasteiger partial charge is 0.182 e. The van der Waals surface area contributed by atoms with Gasteiger partial charge in [-0.05, 0) is 37.6 Å². The van der Waals surface area contributed by atoms with Gasteiger partial charge in [-0.1, -0.05) is 50.3 Å². The maximum atomic E-state index is 13.0. The van der Waals surface area contributed by atoms with Gasteiger partial charge >= 0.3 is 0 Å². The Balaban J connectivity index is 2.32. The molecule has 1 saturated carbocycles. The molecule has 1 N–H and O–H groups in total. The molecule has 0 aliphatic heterocycles. The van der Waals surface area contributed by atoms with Crippen molar-refractivity contribution in [2.24, 2.45) is 0 Å². The molecule has 0 bridgehead atoms. The number of hydrogen-bond acceptors (Lipinski definition) is 3. The third-order valence-electron chi connectivity index (χ3n) is 4.19. The first kappa shape index (κ1) is 16.8. The summed E-state index contributed by atoms with van der Waals surface area (Å²) < 4.78 is 26.0. The normalized spacial score (nSPS) is 24.3. The Bertz CT molecular complexity index is 559. The molecule has 0 radical (unpaired) electrons. The molecule has 21 heavy (non-hydrogen) atoms. The lowest BCUT2D eigenvalue weighted by Crippen LogP contribution is -2.44. The van der Waals surface area contributed by atoms with E-state index in [9.17, 15) is 8.42 Å². The van der Waals surface area contributed by atoms with Gasteiger partial charge in [0.25, 0.3) is 0 Å². The summed E-state index contributed by atoms with van der Waals surface area (Å²) in [5.74, 6) is 0. The molecule has 118 valence electrons. The van der Waals surface area contributed by atoms with Crippen molar-refractivity contribution in [2.45, 2.75) is 61.6 Å². The zero-order valence-corrected chi connectivity index (χ0v) is 14.1. The largest absolute Gasteiger partial charge is 0.313 e. The van der Waals surface area contributed by atoms with E-state index in [1.807, 2.05) is 6.92 Å². The van der Waals surface area contributed by atoms with Crippen molar-refractivity contribution in [2.75, 3.05) is 6.54 Å². The molecule has 0 heterocycles. The number of hydrogen-bond donors (Lipinski definition) is 1. The molecule has 1 aliphatic carbocycles. The lowest BCUT2D eigenvalue weighted by Gasteiger charge is -2.29. The van der Waals surface area contributed by atoms with Gasteiger partial charge in [0, 0.05) is 11.1 Å². The molecule has 1 aliphatic rings. The van der Waals surface area contributed by atoms with Crippen molar-refractivity contribution >= 4 is 21.4 Å². The van der Waals surface area contributed by atoms with Crippen molar-refractivity contribution in [3.05, 3.63) is 29.3 Å². The molecule has 2 rings (SSSR count). The molecule has 0 saturated heterocycles. The number of halogens is 1. The zero-order chi connectivity index (χ0) is 15.3. The minimum absolute atomic E-state index is 0.0410. The average Bonchev–Trinajstić information content (AvgIpc) is 2.42. The summed E-state index contributed by atoms with van der Waals surface area (Å²) in [4.78, 5) is 0.350. The van der Waals surface area contributed by atoms with Crippen LogP contribution in [0.3, 0.4) is 0 Å². The summed E-state index contributed by atoms with van der Waals surface area (Å²) in [6.45, 7) is 2.83. The SMILES string of the molecule is CCNC1CCCCCCC1S(=O)(=O)c1cccc(Cl)c1. The molecular formula is C16H24ClNO2S. The van der Waals surface area contributed by atoms with Gasteiger partial charge in [0.15, 0.2) is 9.84 Å². The van der Waals surface area contributed by atoms with Gasteiger partial charge < -0.3 is 5.32 Å². The van der Waals surface area contributed by atoms with Crippen molar-refractivity contribution in [3.63, 3.8) is 0 Å². The monoisotopic (exact) mass is 329 g/mol. The third-order valence-corrected chi connectivity index (χ3v) is 6.70. The average molecular weight is 330 g/mol. The maximum absolute atomic E-state index is 13.0. The summed E-state index contributed by atoms with van der Waals surface area (Å²) >= 11 is 5.97. The van der Waals surface area contributed by atoms with Crippen LogP contribution >= 0.6 is 11.6 Å². The summed E-state index contributed by atoms with van der Waals surface area (Å²) in [6.07, 6.45) is 6.06. The van der Waals surface area contributed by atoms with Crippen LogP contribution in [-0.4, -0.2) is 26.3 Å². The minimum atomic E-state index is -3.34. The standard InChI is InChI=1S/C16H24ClNO2S/c1-2-18-15-10-5-3-4-6-11-16(15)21(19,20)14-9-7-8-13(17)12-14/h7-9,12,15-16,18H,2-6,10-11H2,1H3. The molecule has 1 fully saturated rings. The second-order valence-corrected chi connectivity index (χ2v) is 8.30. The molecule has 0 aromatic heterocycles. The third kappa shape index (κ3) is 4.21. The van der Waals surface area contributed by atoms with Gasteiger partial charge in [-0.3, -0.25) is 0 Å². The predicted octanol–water partition coefficient (Wildman–Crippen LogP) is 3.81. The van der Waals surface area contributed by atoms with Crippen LogP contribution in [0.4, 0.5) is 0 Å². The maximum Gasteiger partial charge on any atom is 0.182 e. The fourth-order valence-corrected chi connectivity index (χ4v) is 5.44. The Hall–Kier alpha value is -0.580. The molecule has 0 spiro atoms. The van der Waals surface area contributed by atoms with Crippen LogP contribution in [0.5, 0.6) is 0 Å². The number of benzene rings is 1. The van der Waals surface area contributed by atoms with Crippen LogP contribution in [0.15, 0.2) is 29.2 Å². The van der Waals surface area contributed by atoms with Gasteiger partial charge in [-0.15, -0.1) is 0 Å². The zero-order valence-electron chi connectivity index (χ0n) is 12.5. The Kier molecular flexibility index (Phi) is 6.08. The van der Waals surface area contributed by atoms with Crippen LogP contribution in [0, 0.1) is 0 Å². The molecule has 5 heteroatoms. The van der Waals surface area contributed by atoms with Crippen molar-refractivity contribution in [3.8, 4) is 0 Å². The highest BCUT2D eigenvalue weighted by Gasteiger charge is 2.34. The minimum Gasteiger partial charge on any atom is -0.313 e. The van der Waals surface area contributed by atoms with Crippen LogP contribution in [0.2, 0.25) is 5.02 Å². The molecule has 3 nitrogen and oxygen atoms in total. The van der Waals surface area contributed by atoms with Gasteiger partial charge in [-0.2, -0.15) is 0 Å². The Labute approximate surface area is 133 Å². The Morgan fingerprint density at radius 3 is 2.57 bits per heavy atom. The quantitative estimate of drug-likeness (QED) is 0.913. The van der Waals surface area contributed by atoms with Crippen LogP contribution < -0.4 is 5.32 Å². The van der Waals surface area contributed by atoms with E-state index in [-0.39, 0.29) is 11.3 Å². The van der Waals surface area contributed by atoms with E-state index in [4.69, 9.17) is 11.6 Å². The van der Waals surface area contributed by atoms with Crippen molar-refractivity contribution in [1.29, 1.82) is 0 Å². The van der Waals surface area contributed by atoms with Crippen LogP contribution in [0.25, 0.3) is 0 Å². The first-order chi connectivity index (χ1) is 10.1. The molecule has 0 amide bonds. The lowest BCUT2D eigenvalue weighted by molar-refractivity contribution is 0.392. The van der Waals surface area contributed by atoms with E-state index in [1.54, 1.807) is 24.3 Å². The molecule has 2 unspecified atom stereocenters. The number of sulfone groups is 1. The highest BCUT2D eigenvalue weighted by molar-refractivity contribution is 7.92. The first-order valence-corrected chi connectivity index (χ1v) is 9.71. The van der Waals surface area contributed by atoms with E-state index in [2.05, 4.69) is 5.32 Å². The Morgan fingerprint density at radius 1 is 1.19 bits per heavy atom. The van der Waals surface area contributed by atoms with Crippen LogP contribution in [-0.2, 0) is 9.84 Å². The van der Waals surface area contributed by atoms with Gasteiger partial charge in [0.05, 0.1) is 10.1 Å². The summed E-state index contributed by atoms with van der Waals surface area (Å²) in [5.41, 5.74) is 0. The van der Waals surface area contributed by atoms with Crippen LogP contribution in [0.1, 0.15) is 45.4 Å². The second-order valence-electron chi connectivity index (χ2n) is 5.70. The lowest BCUT2D eigenvalue weighted by atomic mass is 9.96. The van der Waals surface area contributed by atoms with E-state index in [0.29, 0.717) is 9.92 Å². The number of rotatable bonds is 4. The predicted molar refractivity (Wildman–Crippen MR) is 87.6 cm³/mol.